The van der Waals surface area contributed by atoms with Crippen LogP contribution in [0, 0.1) is 15.9 Å². The first kappa shape index (κ1) is 13.9. The molecule has 1 N–H and O–H groups in total. The van der Waals surface area contributed by atoms with E-state index in [1.54, 1.807) is 18.7 Å². The predicted molar refractivity (Wildman–Crippen MR) is 63.6 cm³/mol. The lowest BCUT2D eigenvalue weighted by molar-refractivity contribution is -0.384. The van der Waals surface area contributed by atoms with Gasteiger partial charge in [-0.1, -0.05) is 0 Å². The molecule has 0 aromatic heterocycles. The molecule has 1 aromatic carbocycles. The number of carbonyl (C=O) groups is 1. The third kappa shape index (κ3) is 2.55. The van der Waals surface area contributed by atoms with Crippen LogP contribution in [0.3, 0.4) is 0 Å². The molecule has 0 spiro atoms. The molecule has 0 saturated carbocycles. The Morgan fingerprint density at radius 3 is 2.39 bits per heavy atom. The third-order valence-corrected chi connectivity index (χ3v) is 2.60. The summed E-state index contributed by atoms with van der Waals surface area (Å²) >= 11 is 0. The number of rotatable bonds is 5. The van der Waals surface area contributed by atoms with Crippen LogP contribution in [0.25, 0.3) is 0 Å². The largest absolute Gasteiger partial charge is 0.478 e. The lowest BCUT2D eigenvalue weighted by Gasteiger charge is -2.21. The molecule has 1 rings (SSSR count). The number of nitro groups is 1. The van der Waals surface area contributed by atoms with Gasteiger partial charge >= 0.3 is 5.97 Å². The number of aromatic carboxylic acids is 1. The van der Waals surface area contributed by atoms with Crippen molar-refractivity contribution in [2.45, 2.75) is 13.8 Å². The smallest absolute Gasteiger partial charge is 0.338 e. The standard InChI is InChI=1S/C11H13FN2O4/c1-3-13(4-2)9-5-7(11(15)16)8(12)6-10(9)14(17)18/h5-6H,3-4H2,1-2H3,(H,15,16). The summed E-state index contributed by atoms with van der Waals surface area (Å²) in [5.74, 6) is -2.55. The minimum absolute atomic E-state index is 0.115. The van der Waals surface area contributed by atoms with Crippen LogP contribution in [0.5, 0.6) is 0 Å². The van der Waals surface area contributed by atoms with Crippen molar-refractivity contribution in [3.63, 3.8) is 0 Å². The molecule has 0 amide bonds. The Morgan fingerprint density at radius 2 is 2.00 bits per heavy atom. The molecule has 0 fully saturated rings. The summed E-state index contributed by atoms with van der Waals surface area (Å²) < 4.78 is 13.4. The van der Waals surface area contributed by atoms with Crippen LogP contribution >= 0.6 is 0 Å². The molecule has 0 atom stereocenters. The first-order valence-electron chi connectivity index (χ1n) is 5.38. The van der Waals surface area contributed by atoms with E-state index in [9.17, 15) is 19.3 Å². The number of nitrogens with zero attached hydrogens (tertiary/aromatic N) is 2. The van der Waals surface area contributed by atoms with Gasteiger partial charge in [-0.15, -0.1) is 0 Å². The second-order valence-electron chi connectivity index (χ2n) is 3.56. The third-order valence-electron chi connectivity index (χ3n) is 2.60. The number of halogens is 1. The maximum atomic E-state index is 13.4. The molecule has 1 aromatic rings. The molecule has 0 bridgehead atoms. The Bertz CT molecular complexity index is 486. The van der Waals surface area contributed by atoms with E-state index in [0.717, 1.165) is 6.07 Å². The second-order valence-corrected chi connectivity index (χ2v) is 3.56. The molecule has 0 radical (unpaired) electrons. The number of hydrogen-bond donors (Lipinski definition) is 1. The molecule has 18 heavy (non-hydrogen) atoms. The van der Waals surface area contributed by atoms with E-state index in [1.807, 2.05) is 0 Å². The fourth-order valence-electron chi connectivity index (χ4n) is 1.68. The van der Waals surface area contributed by atoms with E-state index in [0.29, 0.717) is 19.2 Å². The summed E-state index contributed by atoms with van der Waals surface area (Å²) in [7, 11) is 0. The summed E-state index contributed by atoms with van der Waals surface area (Å²) in [5, 5.41) is 19.7. The molecular formula is C11H13FN2O4. The van der Waals surface area contributed by atoms with Crippen molar-refractivity contribution in [2.75, 3.05) is 18.0 Å². The molecule has 98 valence electrons. The van der Waals surface area contributed by atoms with Gasteiger partial charge in [0.15, 0.2) is 0 Å². The average molecular weight is 256 g/mol. The van der Waals surface area contributed by atoms with Crippen molar-refractivity contribution in [3.8, 4) is 0 Å². The molecule has 0 heterocycles. The van der Waals surface area contributed by atoms with Gasteiger partial charge in [-0.3, -0.25) is 10.1 Å². The normalized spacial score (nSPS) is 10.2. The Kier molecular flexibility index (Phi) is 4.19. The molecular weight excluding hydrogens is 243 g/mol. The zero-order chi connectivity index (χ0) is 13.9. The highest BCUT2D eigenvalue weighted by atomic mass is 19.1. The lowest BCUT2D eigenvalue weighted by atomic mass is 10.1. The fraction of sp³-hybridized carbons (Fsp3) is 0.364. The molecule has 0 aliphatic heterocycles. The highest BCUT2D eigenvalue weighted by Gasteiger charge is 2.24. The van der Waals surface area contributed by atoms with Crippen LogP contribution in [-0.2, 0) is 0 Å². The van der Waals surface area contributed by atoms with Crippen molar-refractivity contribution in [2.24, 2.45) is 0 Å². The molecule has 0 unspecified atom stereocenters. The van der Waals surface area contributed by atoms with Crippen molar-refractivity contribution in [1.29, 1.82) is 0 Å². The Balaban J connectivity index is 3.48. The average Bonchev–Trinajstić information content (AvgIpc) is 2.31. The molecule has 0 saturated heterocycles. The highest BCUT2D eigenvalue weighted by molar-refractivity contribution is 5.90. The Hall–Kier alpha value is -2.18. The maximum Gasteiger partial charge on any atom is 0.338 e. The van der Waals surface area contributed by atoms with Crippen molar-refractivity contribution < 1.29 is 19.2 Å². The van der Waals surface area contributed by atoms with Crippen molar-refractivity contribution >= 4 is 17.3 Å². The van der Waals surface area contributed by atoms with E-state index in [1.165, 1.54) is 0 Å². The van der Waals surface area contributed by atoms with Gasteiger partial charge in [-0.25, -0.2) is 9.18 Å². The van der Waals surface area contributed by atoms with E-state index >= 15 is 0 Å². The van der Waals surface area contributed by atoms with Crippen molar-refractivity contribution in [3.05, 3.63) is 33.6 Å². The quantitative estimate of drug-likeness (QED) is 0.645. The molecule has 6 nitrogen and oxygen atoms in total. The number of benzene rings is 1. The second kappa shape index (κ2) is 5.44. The number of anilines is 1. The van der Waals surface area contributed by atoms with Gasteiger partial charge in [0.05, 0.1) is 16.6 Å². The minimum atomic E-state index is -1.45. The van der Waals surface area contributed by atoms with Gasteiger partial charge in [0.2, 0.25) is 0 Å². The summed E-state index contributed by atoms with van der Waals surface area (Å²) in [5.41, 5.74) is -0.882. The maximum absolute atomic E-state index is 13.4. The van der Waals surface area contributed by atoms with Crippen LogP contribution in [-0.4, -0.2) is 29.1 Å². The summed E-state index contributed by atoms with van der Waals surface area (Å²) in [4.78, 5) is 22.6. The number of hydrogen-bond acceptors (Lipinski definition) is 4. The Morgan fingerprint density at radius 1 is 1.44 bits per heavy atom. The van der Waals surface area contributed by atoms with Gasteiger partial charge in [-0.2, -0.15) is 0 Å². The minimum Gasteiger partial charge on any atom is -0.478 e. The van der Waals surface area contributed by atoms with E-state index < -0.39 is 28.0 Å². The fourth-order valence-corrected chi connectivity index (χ4v) is 1.68. The van der Waals surface area contributed by atoms with Crippen LogP contribution in [0.4, 0.5) is 15.8 Å². The number of nitro benzene ring substituents is 1. The van der Waals surface area contributed by atoms with Crippen LogP contribution < -0.4 is 4.90 Å². The first-order valence-corrected chi connectivity index (χ1v) is 5.38. The topological polar surface area (TPSA) is 83.7 Å². The van der Waals surface area contributed by atoms with Crippen LogP contribution in [0.1, 0.15) is 24.2 Å². The van der Waals surface area contributed by atoms with Crippen LogP contribution in [0.2, 0.25) is 0 Å². The van der Waals surface area contributed by atoms with Gasteiger partial charge < -0.3 is 10.0 Å². The lowest BCUT2D eigenvalue weighted by Crippen LogP contribution is -2.23. The van der Waals surface area contributed by atoms with Crippen LogP contribution in [0.15, 0.2) is 12.1 Å². The van der Waals surface area contributed by atoms with E-state index in [2.05, 4.69) is 0 Å². The summed E-state index contributed by atoms with van der Waals surface area (Å²) in [6.45, 7) is 4.47. The number of carboxylic acid groups (broad SMARTS) is 1. The van der Waals surface area contributed by atoms with E-state index in [-0.39, 0.29) is 5.69 Å². The van der Waals surface area contributed by atoms with E-state index in [4.69, 9.17) is 5.11 Å². The predicted octanol–water partition coefficient (Wildman–Crippen LogP) is 2.28. The SMILES string of the molecule is CCN(CC)c1cc(C(=O)O)c(F)cc1[N+](=O)[O-]. The number of carboxylic acids is 1. The molecule has 0 aliphatic rings. The summed E-state index contributed by atoms with van der Waals surface area (Å²) in [6, 6.07) is 1.65. The monoisotopic (exact) mass is 256 g/mol. The van der Waals surface area contributed by atoms with Gasteiger partial charge in [0, 0.05) is 13.1 Å². The molecule has 7 heteroatoms. The molecule has 0 aliphatic carbocycles. The first-order chi connectivity index (χ1) is 8.42. The summed E-state index contributed by atoms with van der Waals surface area (Å²) in [6.07, 6.45) is 0. The highest BCUT2D eigenvalue weighted by Crippen LogP contribution is 2.31. The van der Waals surface area contributed by atoms with Crippen molar-refractivity contribution in [1.82, 2.24) is 0 Å². The van der Waals surface area contributed by atoms with Gasteiger partial charge in [0.25, 0.3) is 5.69 Å². The van der Waals surface area contributed by atoms with Gasteiger partial charge in [0.1, 0.15) is 11.5 Å². The zero-order valence-corrected chi connectivity index (χ0v) is 10.0. The van der Waals surface area contributed by atoms with Gasteiger partial charge in [-0.05, 0) is 19.9 Å². The Labute approximate surface area is 103 Å². The zero-order valence-electron chi connectivity index (χ0n) is 10.0.